The largest absolute Gasteiger partial charge is 0.416 e. The average Bonchev–Trinajstić information content (AvgIpc) is 3.21. The number of benzene rings is 1. The van der Waals surface area contributed by atoms with Crippen LogP contribution >= 0.6 is 0 Å². The van der Waals surface area contributed by atoms with Crippen molar-refractivity contribution in [3.63, 3.8) is 0 Å². The number of halogens is 3. The van der Waals surface area contributed by atoms with Gasteiger partial charge < -0.3 is 5.32 Å². The molecule has 128 valence electrons. The van der Waals surface area contributed by atoms with Gasteiger partial charge in [0.05, 0.1) is 5.56 Å². The standard InChI is InChI=1S/C15H15F3N4O2/c1-21-8-19-22(14(21)24)7-13(23)20-12-6-10(12)9-4-2-3-5-11(9)15(16,17)18/h2-5,8,10,12H,6-7H2,1H3,(H,20,23)/t10-,12+/m0/s1. The highest BCUT2D eigenvalue weighted by Crippen LogP contribution is 2.46. The molecule has 3 rings (SSSR count). The van der Waals surface area contributed by atoms with Crippen LogP contribution in [0.15, 0.2) is 35.4 Å². The summed E-state index contributed by atoms with van der Waals surface area (Å²) in [5.74, 6) is -0.819. The quantitative estimate of drug-likeness (QED) is 0.911. The molecule has 0 aliphatic heterocycles. The summed E-state index contributed by atoms with van der Waals surface area (Å²) in [7, 11) is 1.51. The van der Waals surface area contributed by atoms with Crippen molar-refractivity contribution in [3.05, 3.63) is 52.2 Å². The highest BCUT2D eigenvalue weighted by molar-refractivity contribution is 5.76. The maximum absolute atomic E-state index is 13.0. The molecule has 1 N–H and O–H groups in total. The molecule has 1 heterocycles. The Kier molecular flexibility index (Phi) is 3.94. The monoisotopic (exact) mass is 340 g/mol. The third-order valence-corrected chi connectivity index (χ3v) is 3.98. The Balaban J connectivity index is 1.65. The fraction of sp³-hybridized carbons (Fsp3) is 0.400. The van der Waals surface area contributed by atoms with Gasteiger partial charge in [0, 0.05) is 19.0 Å². The number of carbonyl (C=O) groups is 1. The zero-order valence-corrected chi connectivity index (χ0v) is 12.7. The molecule has 6 nitrogen and oxygen atoms in total. The number of hydrogen-bond acceptors (Lipinski definition) is 3. The second kappa shape index (κ2) is 5.81. The number of rotatable bonds is 4. The molecule has 1 saturated carbocycles. The SMILES string of the molecule is Cn1cnn(CC(=O)N[C@@H]2C[C@H]2c2ccccc2C(F)(F)F)c1=O. The van der Waals surface area contributed by atoms with Crippen LogP contribution in [0, 0.1) is 0 Å². The maximum atomic E-state index is 13.0. The average molecular weight is 340 g/mol. The molecule has 1 aliphatic carbocycles. The zero-order valence-electron chi connectivity index (χ0n) is 12.7. The van der Waals surface area contributed by atoms with Gasteiger partial charge in [-0.1, -0.05) is 18.2 Å². The first-order chi connectivity index (χ1) is 11.3. The third kappa shape index (κ3) is 3.19. The molecular formula is C15H15F3N4O2. The van der Waals surface area contributed by atoms with Gasteiger partial charge in [0.25, 0.3) is 0 Å². The van der Waals surface area contributed by atoms with E-state index in [1.807, 2.05) is 0 Å². The maximum Gasteiger partial charge on any atom is 0.416 e. The van der Waals surface area contributed by atoms with Crippen molar-refractivity contribution in [2.45, 2.75) is 31.1 Å². The van der Waals surface area contributed by atoms with Gasteiger partial charge in [0.2, 0.25) is 5.91 Å². The van der Waals surface area contributed by atoms with Crippen molar-refractivity contribution >= 4 is 5.91 Å². The van der Waals surface area contributed by atoms with E-state index in [9.17, 15) is 22.8 Å². The Hall–Kier alpha value is -2.58. The van der Waals surface area contributed by atoms with Crippen LogP contribution in [0.2, 0.25) is 0 Å². The summed E-state index contributed by atoms with van der Waals surface area (Å²) in [5, 5.41) is 6.41. The third-order valence-electron chi connectivity index (χ3n) is 3.98. The van der Waals surface area contributed by atoms with E-state index in [0.717, 1.165) is 10.7 Å². The van der Waals surface area contributed by atoms with Crippen LogP contribution in [-0.4, -0.2) is 26.3 Å². The highest BCUT2D eigenvalue weighted by atomic mass is 19.4. The molecule has 24 heavy (non-hydrogen) atoms. The van der Waals surface area contributed by atoms with Crippen molar-refractivity contribution < 1.29 is 18.0 Å². The predicted molar refractivity (Wildman–Crippen MR) is 78.2 cm³/mol. The van der Waals surface area contributed by atoms with E-state index in [2.05, 4.69) is 10.4 Å². The smallest absolute Gasteiger partial charge is 0.351 e. The number of hydrogen-bond donors (Lipinski definition) is 1. The Morgan fingerprint density at radius 2 is 2.08 bits per heavy atom. The van der Waals surface area contributed by atoms with Crippen LogP contribution in [0.3, 0.4) is 0 Å². The summed E-state index contributed by atoms with van der Waals surface area (Å²) in [6.45, 7) is -0.260. The lowest BCUT2D eigenvalue weighted by atomic mass is 10.0. The lowest BCUT2D eigenvalue weighted by molar-refractivity contribution is -0.138. The first kappa shape index (κ1) is 16.3. The van der Waals surface area contributed by atoms with Crippen LogP contribution in [0.4, 0.5) is 13.2 Å². The van der Waals surface area contributed by atoms with Crippen molar-refractivity contribution in [1.82, 2.24) is 19.7 Å². The highest BCUT2D eigenvalue weighted by Gasteiger charge is 2.44. The predicted octanol–water partition coefficient (Wildman–Crippen LogP) is 1.27. The Morgan fingerprint density at radius 1 is 1.38 bits per heavy atom. The second-order valence-electron chi connectivity index (χ2n) is 5.78. The molecule has 0 saturated heterocycles. The van der Waals surface area contributed by atoms with Gasteiger partial charge in [-0.25, -0.2) is 9.48 Å². The summed E-state index contributed by atoms with van der Waals surface area (Å²) in [6, 6.07) is 5.01. The second-order valence-corrected chi connectivity index (χ2v) is 5.78. The normalized spacial score (nSPS) is 20.0. The number of carbonyl (C=O) groups excluding carboxylic acids is 1. The van der Waals surface area contributed by atoms with Gasteiger partial charge in [-0.05, 0) is 18.1 Å². The summed E-state index contributed by atoms with van der Waals surface area (Å²) in [5.41, 5.74) is -0.919. The van der Waals surface area contributed by atoms with Gasteiger partial charge in [0.1, 0.15) is 12.9 Å². The number of aromatic nitrogens is 3. The Bertz CT molecular complexity index is 825. The molecule has 0 spiro atoms. The molecule has 9 heteroatoms. The van der Waals surface area contributed by atoms with Crippen LogP contribution < -0.4 is 11.0 Å². The van der Waals surface area contributed by atoms with Crippen LogP contribution in [-0.2, 0) is 24.6 Å². The van der Waals surface area contributed by atoms with E-state index < -0.39 is 23.3 Å². The topological polar surface area (TPSA) is 68.9 Å². The van der Waals surface area contributed by atoms with Crippen molar-refractivity contribution in [3.8, 4) is 0 Å². The lowest BCUT2D eigenvalue weighted by Crippen LogP contribution is -2.34. The van der Waals surface area contributed by atoms with E-state index in [1.54, 1.807) is 6.07 Å². The molecule has 1 amide bonds. The number of aryl methyl sites for hydroxylation is 1. The summed E-state index contributed by atoms with van der Waals surface area (Å²) >= 11 is 0. The van der Waals surface area contributed by atoms with Gasteiger partial charge in [-0.3, -0.25) is 9.36 Å². The molecule has 2 aromatic rings. The number of alkyl halides is 3. The Morgan fingerprint density at radius 3 is 2.71 bits per heavy atom. The Labute approximate surface area is 134 Å². The molecule has 1 aliphatic rings. The summed E-state index contributed by atoms with van der Waals surface area (Å²) < 4.78 is 41.3. The van der Waals surface area contributed by atoms with E-state index in [4.69, 9.17) is 0 Å². The number of nitrogens with zero attached hydrogens (tertiary/aromatic N) is 3. The van der Waals surface area contributed by atoms with Crippen LogP contribution in [0.1, 0.15) is 23.5 Å². The number of amides is 1. The van der Waals surface area contributed by atoms with Crippen molar-refractivity contribution in [1.29, 1.82) is 0 Å². The molecule has 0 radical (unpaired) electrons. The van der Waals surface area contributed by atoms with Gasteiger partial charge >= 0.3 is 11.9 Å². The van der Waals surface area contributed by atoms with E-state index >= 15 is 0 Å². The summed E-state index contributed by atoms with van der Waals surface area (Å²) in [4.78, 5) is 23.5. The first-order valence-corrected chi connectivity index (χ1v) is 7.31. The molecule has 1 aromatic carbocycles. The minimum absolute atomic E-state index is 0.185. The molecule has 0 bridgehead atoms. The molecular weight excluding hydrogens is 325 g/mol. The van der Waals surface area contributed by atoms with Crippen LogP contribution in [0.25, 0.3) is 0 Å². The van der Waals surface area contributed by atoms with Gasteiger partial charge in [-0.2, -0.15) is 18.3 Å². The molecule has 1 aromatic heterocycles. The zero-order chi connectivity index (χ0) is 17.5. The molecule has 1 fully saturated rings. The fourth-order valence-corrected chi connectivity index (χ4v) is 2.69. The van der Waals surface area contributed by atoms with E-state index in [1.165, 1.54) is 30.1 Å². The summed E-state index contributed by atoms with van der Waals surface area (Å²) in [6.07, 6.45) is -2.69. The molecule has 2 atom stereocenters. The minimum atomic E-state index is -4.42. The van der Waals surface area contributed by atoms with Crippen molar-refractivity contribution in [2.24, 2.45) is 7.05 Å². The van der Waals surface area contributed by atoms with E-state index in [0.29, 0.717) is 6.42 Å². The first-order valence-electron chi connectivity index (χ1n) is 7.31. The molecule has 0 unspecified atom stereocenters. The van der Waals surface area contributed by atoms with E-state index in [-0.39, 0.29) is 24.1 Å². The lowest BCUT2D eigenvalue weighted by Gasteiger charge is -2.12. The minimum Gasteiger partial charge on any atom is -0.351 e. The van der Waals surface area contributed by atoms with Gasteiger partial charge in [0.15, 0.2) is 0 Å². The fourth-order valence-electron chi connectivity index (χ4n) is 2.69. The van der Waals surface area contributed by atoms with Gasteiger partial charge in [-0.15, -0.1) is 0 Å². The van der Waals surface area contributed by atoms with Crippen molar-refractivity contribution in [2.75, 3.05) is 0 Å². The van der Waals surface area contributed by atoms with Crippen LogP contribution in [0.5, 0.6) is 0 Å². The number of nitrogens with one attached hydrogen (secondary N) is 1.